The Bertz CT molecular complexity index is 615. The molecule has 22 heavy (non-hydrogen) atoms. The lowest BCUT2D eigenvalue weighted by molar-refractivity contribution is 0.0935. The van der Waals surface area contributed by atoms with Crippen LogP contribution in [0.4, 0.5) is 0 Å². The van der Waals surface area contributed by atoms with E-state index in [1.165, 1.54) is 6.20 Å². The second-order valence-corrected chi connectivity index (χ2v) is 5.11. The highest BCUT2D eigenvalue weighted by Crippen LogP contribution is 2.18. The molecule has 0 aromatic carbocycles. The van der Waals surface area contributed by atoms with E-state index in [0.717, 1.165) is 36.8 Å². The summed E-state index contributed by atoms with van der Waals surface area (Å²) in [5.41, 5.74) is 7.49. The number of aromatic nitrogens is 2. The van der Waals surface area contributed by atoms with Crippen LogP contribution < -0.4 is 11.1 Å². The number of rotatable bonds is 7. The topological polar surface area (TPSA) is 94.0 Å². The van der Waals surface area contributed by atoms with Crippen molar-refractivity contribution in [2.45, 2.75) is 45.6 Å². The number of halogens is 1. The zero-order valence-corrected chi connectivity index (χ0v) is 13.8. The Labute approximate surface area is 136 Å². The molecule has 2 heterocycles. The van der Waals surface area contributed by atoms with Gasteiger partial charge in [-0.25, -0.2) is 4.98 Å². The van der Waals surface area contributed by atoms with Crippen molar-refractivity contribution >= 4 is 29.4 Å². The summed E-state index contributed by atoms with van der Waals surface area (Å²) < 4.78 is 5.12. The lowest BCUT2D eigenvalue weighted by Gasteiger charge is -2.16. The van der Waals surface area contributed by atoms with Gasteiger partial charge in [-0.2, -0.15) is 0 Å². The number of hydrogen-bond donors (Lipinski definition) is 2. The molecular weight excluding hydrogens is 304 g/mol. The Morgan fingerprint density at radius 2 is 2.23 bits per heavy atom. The Kier molecular flexibility index (Phi) is 7.27. The first-order valence-electron chi connectivity index (χ1n) is 7.44. The van der Waals surface area contributed by atoms with Crippen LogP contribution in [0.3, 0.4) is 0 Å². The van der Waals surface area contributed by atoms with Gasteiger partial charge in [-0.05, 0) is 18.9 Å². The smallest absolute Gasteiger partial charge is 0.257 e. The number of nitrogens with zero attached hydrogens (tertiary/aromatic N) is 2. The summed E-state index contributed by atoms with van der Waals surface area (Å²) in [5.74, 6) is -0.154. The number of hydrogen-bond acceptors (Lipinski definition) is 5. The largest absolute Gasteiger partial charge is 0.348 e. The van der Waals surface area contributed by atoms with E-state index >= 15 is 0 Å². The number of aryl methyl sites for hydroxylation is 1. The average Bonchev–Trinajstić information content (AvgIpc) is 2.93. The normalized spacial score (nSPS) is 12.0. The van der Waals surface area contributed by atoms with Crippen LogP contribution in [-0.4, -0.2) is 28.6 Å². The van der Waals surface area contributed by atoms with Crippen LogP contribution >= 0.6 is 12.4 Å². The number of carbonyl (C=O) groups is 1. The molecule has 0 spiro atoms. The Morgan fingerprint density at radius 3 is 2.86 bits per heavy atom. The Balaban J connectivity index is 0.00000242. The first-order chi connectivity index (χ1) is 10.2. The molecule has 1 unspecified atom stereocenters. The van der Waals surface area contributed by atoms with Crippen LogP contribution in [0.25, 0.3) is 11.1 Å². The van der Waals surface area contributed by atoms with E-state index in [1.54, 1.807) is 6.07 Å². The minimum Gasteiger partial charge on any atom is -0.348 e. The molecule has 6 nitrogen and oxygen atoms in total. The van der Waals surface area contributed by atoms with Crippen molar-refractivity contribution in [1.82, 2.24) is 15.5 Å². The molecule has 0 fully saturated rings. The van der Waals surface area contributed by atoms with Gasteiger partial charge >= 0.3 is 0 Å². The maximum Gasteiger partial charge on any atom is 0.257 e. The average molecular weight is 327 g/mol. The SMILES string of the molecule is CCCCC(CN)NC(=O)c1cnc2onc(CC)c2c1.Cl. The predicted octanol–water partition coefficient (Wildman–Crippen LogP) is 2.45. The number of pyridine rings is 1. The summed E-state index contributed by atoms with van der Waals surface area (Å²) >= 11 is 0. The highest BCUT2D eigenvalue weighted by molar-refractivity contribution is 5.97. The molecule has 122 valence electrons. The number of nitrogens with one attached hydrogen (secondary N) is 1. The third-order valence-corrected chi connectivity index (χ3v) is 3.53. The van der Waals surface area contributed by atoms with Crippen molar-refractivity contribution in [2.24, 2.45) is 5.73 Å². The Morgan fingerprint density at radius 1 is 1.45 bits per heavy atom. The van der Waals surface area contributed by atoms with E-state index in [2.05, 4.69) is 22.4 Å². The van der Waals surface area contributed by atoms with E-state index in [1.807, 2.05) is 6.92 Å². The molecule has 2 rings (SSSR count). The van der Waals surface area contributed by atoms with Gasteiger partial charge < -0.3 is 15.6 Å². The molecule has 1 atom stereocenters. The van der Waals surface area contributed by atoms with E-state index in [-0.39, 0.29) is 24.4 Å². The zero-order chi connectivity index (χ0) is 15.2. The van der Waals surface area contributed by atoms with Gasteiger partial charge in [0.1, 0.15) is 0 Å². The minimum atomic E-state index is -0.154. The maximum absolute atomic E-state index is 12.3. The summed E-state index contributed by atoms with van der Waals surface area (Å²) in [6.45, 7) is 4.54. The fourth-order valence-corrected chi connectivity index (χ4v) is 2.23. The van der Waals surface area contributed by atoms with Crippen molar-refractivity contribution in [3.05, 3.63) is 23.5 Å². The molecule has 7 heteroatoms. The van der Waals surface area contributed by atoms with E-state index in [0.29, 0.717) is 17.8 Å². The molecule has 2 aromatic heterocycles. The Hall–Kier alpha value is -1.66. The maximum atomic E-state index is 12.3. The van der Waals surface area contributed by atoms with Gasteiger partial charge in [0.05, 0.1) is 16.6 Å². The summed E-state index contributed by atoms with van der Waals surface area (Å²) in [6, 6.07) is 1.78. The first kappa shape index (κ1) is 18.4. The number of fused-ring (bicyclic) bond motifs is 1. The fraction of sp³-hybridized carbons (Fsp3) is 0.533. The molecular formula is C15H23ClN4O2. The van der Waals surface area contributed by atoms with Gasteiger partial charge in [-0.3, -0.25) is 4.79 Å². The number of amides is 1. The summed E-state index contributed by atoms with van der Waals surface area (Å²) in [5, 5.41) is 7.69. The highest BCUT2D eigenvalue weighted by Gasteiger charge is 2.15. The van der Waals surface area contributed by atoms with Crippen LogP contribution in [0, 0.1) is 0 Å². The van der Waals surface area contributed by atoms with Gasteiger partial charge in [0.15, 0.2) is 0 Å². The molecule has 3 N–H and O–H groups in total. The molecule has 2 aromatic rings. The van der Waals surface area contributed by atoms with Crippen molar-refractivity contribution in [3.63, 3.8) is 0 Å². The quantitative estimate of drug-likeness (QED) is 0.815. The molecule has 0 saturated heterocycles. The third kappa shape index (κ3) is 4.18. The number of carbonyl (C=O) groups excluding carboxylic acids is 1. The van der Waals surface area contributed by atoms with Crippen molar-refractivity contribution in [1.29, 1.82) is 0 Å². The van der Waals surface area contributed by atoms with E-state index < -0.39 is 0 Å². The lowest BCUT2D eigenvalue weighted by atomic mass is 10.1. The molecule has 0 bridgehead atoms. The number of unbranched alkanes of at least 4 members (excludes halogenated alkanes) is 1. The molecule has 0 radical (unpaired) electrons. The molecule has 0 aliphatic heterocycles. The van der Waals surface area contributed by atoms with Crippen molar-refractivity contribution in [3.8, 4) is 0 Å². The lowest BCUT2D eigenvalue weighted by Crippen LogP contribution is -2.40. The predicted molar refractivity (Wildman–Crippen MR) is 88.3 cm³/mol. The van der Waals surface area contributed by atoms with E-state index in [4.69, 9.17) is 10.3 Å². The second kappa shape index (κ2) is 8.70. The van der Waals surface area contributed by atoms with Crippen LogP contribution in [0.2, 0.25) is 0 Å². The van der Waals surface area contributed by atoms with Gasteiger partial charge in [-0.15, -0.1) is 12.4 Å². The van der Waals surface area contributed by atoms with Crippen LogP contribution in [-0.2, 0) is 6.42 Å². The highest BCUT2D eigenvalue weighted by atomic mass is 35.5. The van der Waals surface area contributed by atoms with Gasteiger partial charge in [0.2, 0.25) is 0 Å². The monoisotopic (exact) mass is 326 g/mol. The van der Waals surface area contributed by atoms with Crippen LogP contribution in [0.5, 0.6) is 0 Å². The van der Waals surface area contributed by atoms with Crippen LogP contribution in [0.1, 0.15) is 49.2 Å². The first-order valence-corrected chi connectivity index (χ1v) is 7.44. The number of nitrogens with two attached hydrogens (primary N) is 1. The van der Waals surface area contributed by atoms with Crippen molar-refractivity contribution in [2.75, 3.05) is 6.54 Å². The standard InChI is InChI=1S/C15H22N4O2.ClH/c1-3-5-6-11(8-16)18-14(20)10-7-12-13(4-2)19-21-15(12)17-9-10;/h7,9,11H,3-6,8,16H2,1-2H3,(H,18,20);1H. The zero-order valence-electron chi connectivity index (χ0n) is 13.0. The fourth-order valence-electron chi connectivity index (χ4n) is 2.23. The van der Waals surface area contributed by atoms with Crippen LogP contribution in [0.15, 0.2) is 16.8 Å². The molecule has 0 aliphatic carbocycles. The summed E-state index contributed by atoms with van der Waals surface area (Å²) in [7, 11) is 0. The van der Waals surface area contributed by atoms with Gasteiger partial charge in [0, 0.05) is 18.8 Å². The van der Waals surface area contributed by atoms with Gasteiger partial charge in [-0.1, -0.05) is 31.8 Å². The molecule has 1 amide bonds. The minimum absolute atomic E-state index is 0. The third-order valence-electron chi connectivity index (χ3n) is 3.53. The summed E-state index contributed by atoms with van der Waals surface area (Å²) in [4.78, 5) is 16.4. The molecule has 0 saturated carbocycles. The second-order valence-electron chi connectivity index (χ2n) is 5.11. The van der Waals surface area contributed by atoms with Gasteiger partial charge in [0.25, 0.3) is 11.6 Å². The van der Waals surface area contributed by atoms with Crippen molar-refractivity contribution < 1.29 is 9.32 Å². The molecule has 0 aliphatic rings. The summed E-state index contributed by atoms with van der Waals surface area (Å²) in [6.07, 6.45) is 5.27. The van der Waals surface area contributed by atoms with E-state index in [9.17, 15) is 4.79 Å².